The second-order valence-electron chi connectivity index (χ2n) is 7.57. The molecule has 0 heterocycles. The second-order valence-corrected chi connectivity index (χ2v) is 7.57. The molecule has 0 saturated carbocycles. The minimum absolute atomic E-state index is 1.34. The van der Waals surface area contributed by atoms with E-state index in [9.17, 15) is 0 Å². The van der Waals surface area contributed by atoms with Gasteiger partial charge in [-0.05, 0) is 55.3 Å². The molecule has 0 N–H and O–H groups in total. The Hall–Kier alpha value is -3.64. The number of rotatable bonds is 0. The number of benzene rings is 5. The maximum atomic E-state index is 2.24. The van der Waals surface area contributed by atoms with Crippen LogP contribution in [0.2, 0.25) is 0 Å². The predicted octanol–water partition coefficient (Wildman–Crippen LogP) is 7.75. The zero-order chi connectivity index (χ0) is 19.2. The number of hydrogen-bond donors (Lipinski definition) is 0. The van der Waals surface area contributed by atoms with Crippen molar-refractivity contribution in [3.05, 3.63) is 127 Å². The van der Waals surface area contributed by atoms with Crippen LogP contribution in [0.4, 0.5) is 0 Å². The summed E-state index contributed by atoms with van der Waals surface area (Å²) in [6.07, 6.45) is 2.24. The summed E-state index contributed by atoms with van der Waals surface area (Å²) in [5.41, 5.74) is 10.9. The molecule has 0 unspecified atom stereocenters. The fourth-order valence-corrected chi connectivity index (χ4v) is 4.65. The van der Waals surface area contributed by atoms with E-state index >= 15 is 0 Å². The summed E-state index contributed by atoms with van der Waals surface area (Å²) < 4.78 is 0. The fourth-order valence-electron chi connectivity index (χ4n) is 4.65. The van der Waals surface area contributed by atoms with Crippen molar-refractivity contribution in [1.82, 2.24) is 0 Å². The van der Waals surface area contributed by atoms with E-state index < -0.39 is 0 Å². The van der Waals surface area contributed by atoms with Gasteiger partial charge in [-0.1, -0.05) is 109 Å². The largest absolute Gasteiger partial charge is 0.0619 e. The molecule has 29 heavy (non-hydrogen) atoms. The fraction of sp³-hybridized carbons (Fsp3) is 0. The Morgan fingerprint density at radius 2 is 0.724 bits per heavy atom. The first kappa shape index (κ1) is 16.3. The minimum atomic E-state index is 1.34. The van der Waals surface area contributed by atoms with Crippen LogP contribution in [-0.2, 0) is 0 Å². The molecular formula is C29H19. The highest BCUT2D eigenvalue weighted by Crippen LogP contribution is 2.46. The molecule has 135 valence electrons. The van der Waals surface area contributed by atoms with Crippen molar-refractivity contribution in [2.45, 2.75) is 0 Å². The summed E-state index contributed by atoms with van der Waals surface area (Å²) in [5, 5.41) is 2.75. The molecule has 2 aliphatic rings. The average molecular weight is 367 g/mol. The summed E-state index contributed by atoms with van der Waals surface area (Å²) in [7, 11) is 0. The molecule has 0 amide bonds. The van der Waals surface area contributed by atoms with Gasteiger partial charge in [0.1, 0.15) is 0 Å². The first-order chi connectivity index (χ1) is 14.4. The van der Waals surface area contributed by atoms with Crippen LogP contribution < -0.4 is 0 Å². The van der Waals surface area contributed by atoms with Crippen LogP contribution in [0, 0.1) is 6.42 Å². The molecule has 0 heteroatoms. The van der Waals surface area contributed by atoms with Crippen LogP contribution in [0.1, 0.15) is 11.1 Å². The Balaban J connectivity index is 0.000000117. The average Bonchev–Trinajstić information content (AvgIpc) is 3.33. The van der Waals surface area contributed by atoms with Gasteiger partial charge in [0, 0.05) is 6.42 Å². The van der Waals surface area contributed by atoms with Gasteiger partial charge in [0.2, 0.25) is 0 Å². The van der Waals surface area contributed by atoms with Gasteiger partial charge in [0.25, 0.3) is 0 Å². The molecule has 0 atom stereocenters. The van der Waals surface area contributed by atoms with E-state index in [0.29, 0.717) is 0 Å². The third-order valence-corrected chi connectivity index (χ3v) is 5.93. The number of fused-ring (bicyclic) bond motifs is 6. The molecule has 0 bridgehead atoms. The zero-order valence-corrected chi connectivity index (χ0v) is 16.0. The van der Waals surface area contributed by atoms with Crippen molar-refractivity contribution in [2.24, 2.45) is 0 Å². The molecule has 0 fully saturated rings. The van der Waals surface area contributed by atoms with Crippen LogP contribution in [-0.4, -0.2) is 0 Å². The van der Waals surface area contributed by atoms with Gasteiger partial charge in [-0.15, -0.1) is 0 Å². The quantitative estimate of drug-likeness (QED) is 0.257. The summed E-state index contributed by atoms with van der Waals surface area (Å²) in [6.45, 7) is 0. The standard InChI is InChI=1S/C16H10.C13H9/c1-2-8-13-12(7-1)14-9-3-5-11-6-4-10-15(13)16(11)14;1-3-7-12-10(5-1)9-11-6-2-4-8-13(11)12/h1-10H;1-9H. The smallest absolute Gasteiger partial charge is 0.0211 e. The van der Waals surface area contributed by atoms with Crippen molar-refractivity contribution in [2.75, 3.05) is 0 Å². The Morgan fingerprint density at radius 3 is 1.24 bits per heavy atom. The third-order valence-electron chi connectivity index (χ3n) is 5.93. The second kappa shape index (κ2) is 6.46. The summed E-state index contributed by atoms with van der Waals surface area (Å²) in [6, 6.07) is 38.8. The van der Waals surface area contributed by atoms with Crippen LogP contribution in [0.3, 0.4) is 0 Å². The van der Waals surface area contributed by atoms with Gasteiger partial charge in [-0.3, -0.25) is 0 Å². The molecule has 0 aromatic heterocycles. The Bertz CT molecular complexity index is 1270. The van der Waals surface area contributed by atoms with Crippen molar-refractivity contribution in [3.63, 3.8) is 0 Å². The van der Waals surface area contributed by atoms with E-state index in [1.807, 2.05) is 0 Å². The van der Waals surface area contributed by atoms with Crippen molar-refractivity contribution in [1.29, 1.82) is 0 Å². The highest BCUT2D eigenvalue weighted by atomic mass is 14.2. The SMILES string of the molecule is [CH]1c2ccccc2-c2ccccc21.c1ccc2c(c1)-c1cccc3cccc-2c13. The number of hydrogen-bond acceptors (Lipinski definition) is 0. The molecule has 2 aliphatic carbocycles. The monoisotopic (exact) mass is 367 g/mol. The molecule has 7 rings (SSSR count). The predicted molar refractivity (Wildman–Crippen MR) is 123 cm³/mol. The van der Waals surface area contributed by atoms with Crippen molar-refractivity contribution < 1.29 is 0 Å². The van der Waals surface area contributed by atoms with Gasteiger partial charge in [-0.25, -0.2) is 0 Å². The lowest BCUT2D eigenvalue weighted by Crippen LogP contribution is -1.74. The first-order valence-electron chi connectivity index (χ1n) is 10.0. The van der Waals surface area contributed by atoms with E-state index in [2.05, 4.69) is 116 Å². The van der Waals surface area contributed by atoms with Crippen molar-refractivity contribution in [3.8, 4) is 33.4 Å². The molecular weight excluding hydrogens is 348 g/mol. The van der Waals surface area contributed by atoms with E-state index in [1.165, 1.54) is 55.3 Å². The zero-order valence-electron chi connectivity index (χ0n) is 16.0. The normalized spacial score (nSPS) is 12.0. The lowest BCUT2D eigenvalue weighted by molar-refractivity contribution is 1.54. The Labute approximate surface area is 171 Å². The maximum Gasteiger partial charge on any atom is 0.0211 e. The Morgan fingerprint density at radius 1 is 0.310 bits per heavy atom. The van der Waals surface area contributed by atoms with Gasteiger partial charge in [0.05, 0.1) is 0 Å². The summed E-state index contributed by atoms with van der Waals surface area (Å²) in [5.74, 6) is 0. The van der Waals surface area contributed by atoms with E-state index in [4.69, 9.17) is 0 Å². The Kier molecular flexibility index (Phi) is 3.64. The highest BCUT2D eigenvalue weighted by molar-refractivity contribution is 6.15. The minimum Gasteiger partial charge on any atom is -0.0619 e. The summed E-state index contributed by atoms with van der Waals surface area (Å²) >= 11 is 0. The molecule has 0 spiro atoms. The van der Waals surface area contributed by atoms with E-state index in [-0.39, 0.29) is 0 Å². The van der Waals surface area contributed by atoms with Gasteiger partial charge in [-0.2, -0.15) is 0 Å². The third kappa shape index (κ3) is 2.53. The van der Waals surface area contributed by atoms with Crippen LogP contribution in [0.5, 0.6) is 0 Å². The maximum absolute atomic E-state index is 2.24. The van der Waals surface area contributed by atoms with Crippen LogP contribution in [0.25, 0.3) is 44.2 Å². The van der Waals surface area contributed by atoms with Crippen LogP contribution >= 0.6 is 0 Å². The van der Waals surface area contributed by atoms with E-state index in [1.54, 1.807) is 0 Å². The van der Waals surface area contributed by atoms with Gasteiger partial charge in [0.15, 0.2) is 0 Å². The highest BCUT2D eigenvalue weighted by Gasteiger charge is 2.19. The van der Waals surface area contributed by atoms with Crippen LogP contribution in [0.15, 0.2) is 109 Å². The van der Waals surface area contributed by atoms with Crippen molar-refractivity contribution >= 4 is 10.8 Å². The summed E-state index contributed by atoms with van der Waals surface area (Å²) in [4.78, 5) is 0. The van der Waals surface area contributed by atoms with Gasteiger partial charge >= 0.3 is 0 Å². The molecule has 0 aliphatic heterocycles. The molecule has 0 nitrogen and oxygen atoms in total. The molecule has 1 radical (unpaired) electrons. The topological polar surface area (TPSA) is 0 Å². The lowest BCUT2D eigenvalue weighted by atomic mass is 10.0. The van der Waals surface area contributed by atoms with E-state index in [0.717, 1.165) is 0 Å². The molecule has 5 aromatic carbocycles. The van der Waals surface area contributed by atoms with Gasteiger partial charge < -0.3 is 0 Å². The molecule has 5 aromatic rings. The first-order valence-corrected chi connectivity index (χ1v) is 10.0. The molecule has 0 saturated heterocycles. The lowest BCUT2D eigenvalue weighted by Gasteiger charge is -2.00.